The lowest BCUT2D eigenvalue weighted by atomic mass is 9.86. The molecule has 0 aromatic heterocycles. The van der Waals surface area contributed by atoms with Crippen molar-refractivity contribution in [3.63, 3.8) is 0 Å². The molecule has 1 aliphatic heterocycles. The van der Waals surface area contributed by atoms with Crippen molar-refractivity contribution in [3.05, 3.63) is 65.2 Å². The average molecular weight is 472 g/mol. The van der Waals surface area contributed by atoms with Crippen LogP contribution in [-0.2, 0) is 26.6 Å². The van der Waals surface area contributed by atoms with E-state index in [4.69, 9.17) is 9.47 Å². The second kappa shape index (κ2) is 10.00. The van der Waals surface area contributed by atoms with Gasteiger partial charge in [-0.05, 0) is 46.7 Å². The van der Waals surface area contributed by atoms with Crippen molar-refractivity contribution in [2.75, 3.05) is 25.7 Å². The van der Waals surface area contributed by atoms with E-state index < -0.39 is 9.84 Å². The number of sulfone groups is 1. The summed E-state index contributed by atoms with van der Waals surface area (Å²) in [6.07, 6.45) is 3.66. The van der Waals surface area contributed by atoms with Crippen LogP contribution in [0, 0.1) is 0 Å². The minimum Gasteiger partial charge on any atom is -0.493 e. The molecular formula is C26H33NO5S. The molecule has 1 amide bonds. The van der Waals surface area contributed by atoms with Crippen molar-refractivity contribution in [1.82, 2.24) is 4.90 Å². The van der Waals surface area contributed by atoms with Gasteiger partial charge in [-0.2, -0.15) is 0 Å². The predicted octanol–water partition coefficient (Wildman–Crippen LogP) is 4.23. The second-order valence-electron chi connectivity index (χ2n) is 9.42. The fraction of sp³-hybridized carbons (Fsp3) is 0.423. The van der Waals surface area contributed by atoms with E-state index in [1.165, 1.54) is 11.6 Å². The van der Waals surface area contributed by atoms with E-state index in [1.807, 2.05) is 18.2 Å². The Bertz CT molecular complexity index is 1110. The highest BCUT2D eigenvalue weighted by Gasteiger charge is 2.34. The van der Waals surface area contributed by atoms with Crippen LogP contribution >= 0.6 is 0 Å². The normalized spacial score (nSPS) is 17.8. The molecular weight excluding hydrogens is 438 g/mol. The Labute approximate surface area is 197 Å². The standard InChI is InChI=1S/C26H33NO5S/c1-26(2,3)21-10-6-20(7-11-21)17-27(22-14-15-33(29,30)18-22)25(28)13-9-19-8-12-23(31-4)24(16-19)32-5/h6-13,16,22H,14-15,17-18H2,1-5H3/b13-9+. The van der Waals surface area contributed by atoms with Gasteiger partial charge in [0, 0.05) is 18.7 Å². The Kier molecular flexibility index (Phi) is 7.52. The maximum atomic E-state index is 13.2. The van der Waals surface area contributed by atoms with Gasteiger partial charge < -0.3 is 14.4 Å². The van der Waals surface area contributed by atoms with E-state index in [9.17, 15) is 13.2 Å². The zero-order valence-electron chi connectivity index (χ0n) is 20.0. The van der Waals surface area contributed by atoms with E-state index in [-0.39, 0.29) is 28.9 Å². The zero-order valence-corrected chi connectivity index (χ0v) is 20.8. The van der Waals surface area contributed by atoms with Gasteiger partial charge in [-0.3, -0.25) is 4.79 Å². The number of hydrogen-bond donors (Lipinski definition) is 0. The molecule has 0 spiro atoms. The van der Waals surface area contributed by atoms with Crippen molar-refractivity contribution < 1.29 is 22.7 Å². The van der Waals surface area contributed by atoms with Crippen LogP contribution in [-0.4, -0.2) is 51.0 Å². The third-order valence-corrected chi connectivity index (χ3v) is 7.68. The number of carbonyl (C=O) groups is 1. The molecule has 1 heterocycles. The van der Waals surface area contributed by atoms with Gasteiger partial charge in [0.15, 0.2) is 21.3 Å². The lowest BCUT2D eigenvalue weighted by Gasteiger charge is -2.28. The molecule has 2 aromatic rings. The molecule has 0 saturated carbocycles. The van der Waals surface area contributed by atoms with Gasteiger partial charge in [0.25, 0.3) is 0 Å². The summed E-state index contributed by atoms with van der Waals surface area (Å²) in [7, 11) is 0.00255. The highest BCUT2D eigenvalue weighted by Crippen LogP contribution is 2.28. The molecule has 2 aromatic carbocycles. The van der Waals surface area contributed by atoms with Crippen molar-refractivity contribution >= 4 is 21.8 Å². The number of amides is 1. The molecule has 1 unspecified atom stereocenters. The lowest BCUT2D eigenvalue weighted by molar-refractivity contribution is -0.128. The second-order valence-corrected chi connectivity index (χ2v) is 11.6. The third kappa shape index (κ3) is 6.38. The van der Waals surface area contributed by atoms with Crippen LogP contribution in [0.1, 0.15) is 43.9 Å². The Hall–Kier alpha value is -2.80. The first-order valence-electron chi connectivity index (χ1n) is 11.0. The van der Waals surface area contributed by atoms with Gasteiger partial charge in [-0.1, -0.05) is 51.1 Å². The fourth-order valence-electron chi connectivity index (χ4n) is 3.93. The van der Waals surface area contributed by atoms with Crippen LogP contribution in [0.15, 0.2) is 48.5 Å². The Morgan fingerprint density at radius 3 is 2.27 bits per heavy atom. The molecule has 0 radical (unpaired) electrons. The number of benzene rings is 2. The first-order valence-corrected chi connectivity index (χ1v) is 12.8. The number of ether oxygens (including phenoxy) is 2. The van der Waals surface area contributed by atoms with E-state index in [0.29, 0.717) is 24.5 Å². The molecule has 1 aliphatic rings. The van der Waals surface area contributed by atoms with Crippen molar-refractivity contribution in [2.45, 2.75) is 45.2 Å². The first kappa shape index (κ1) is 24.8. The van der Waals surface area contributed by atoms with Crippen LogP contribution in [0.2, 0.25) is 0 Å². The molecule has 1 fully saturated rings. The number of rotatable bonds is 7. The SMILES string of the molecule is COc1ccc(/C=C/C(=O)N(Cc2ccc(C(C)(C)C)cc2)C2CCS(=O)(=O)C2)cc1OC. The van der Waals surface area contributed by atoms with Crippen molar-refractivity contribution in [1.29, 1.82) is 0 Å². The largest absolute Gasteiger partial charge is 0.493 e. The van der Waals surface area contributed by atoms with E-state index in [1.54, 1.807) is 37.3 Å². The minimum atomic E-state index is -3.12. The molecule has 178 valence electrons. The van der Waals surface area contributed by atoms with Crippen molar-refractivity contribution in [3.8, 4) is 11.5 Å². The molecule has 7 heteroatoms. The first-order chi connectivity index (χ1) is 15.5. The van der Waals surface area contributed by atoms with Crippen LogP contribution in [0.5, 0.6) is 11.5 Å². The molecule has 33 heavy (non-hydrogen) atoms. The number of nitrogens with zero attached hydrogens (tertiary/aromatic N) is 1. The zero-order chi connectivity index (χ0) is 24.2. The lowest BCUT2D eigenvalue weighted by Crippen LogP contribution is -2.39. The molecule has 0 bridgehead atoms. The number of hydrogen-bond acceptors (Lipinski definition) is 5. The summed E-state index contributed by atoms with van der Waals surface area (Å²) in [5.41, 5.74) is 3.01. The van der Waals surface area contributed by atoms with Gasteiger partial charge >= 0.3 is 0 Å². The predicted molar refractivity (Wildman–Crippen MR) is 131 cm³/mol. The topological polar surface area (TPSA) is 72.9 Å². The molecule has 1 saturated heterocycles. The van der Waals surface area contributed by atoms with Gasteiger partial charge in [-0.15, -0.1) is 0 Å². The summed E-state index contributed by atoms with van der Waals surface area (Å²) >= 11 is 0. The monoisotopic (exact) mass is 471 g/mol. The molecule has 0 N–H and O–H groups in total. The summed E-state index contributed by atoms with van der Waals surface area (Å²) in [5.74, 6) is 1.08. The Morgan fingerprint density at radius 2 is 1.73 bits per heavy atom. The van der Waals surface area contributed by atoms with Crippen molar-refractivity contribution in [2.24, 2.45) is 0 Å². The number of carbonyl (C=O) groups excluding carboxylic acids is 1. The molecule has 0 aliphatic carbocycles. The molecule has 1 atom stereocenters. The Morgan fingerprint density at radius 1 is 1.06 bits per heavy atom. The van der Waals surface area contributed by atoms with Crippen LogP contribution < -0.4 is 9.47 Å². The fourth-order valence-corrected chi connectivity index (χ4v) is 5.67. The summed E-state index contributed by atoms with van der Waals surface area (Å²) in [6.45, 7) is 6.82. The van der Waals surface area contributed by atoms with Crippen LogP contribution in [0.25, 0.3) is 6.08 Å². The summed E-state index contributed by atoms with van der Waals surface area (Å²) in [5, 5.41) is 0. The van der Waals surface area contributed by atoms with E-state index in [0.717, 1.165) is 11.1 Å². The van der Waals surface area contributed by atoms with Gasteiger partial charge in [0.05, 0.1) is 25.7 Å². The maximum absolute atomic E-state index is 13.2. The van der Waals surface area contributed by atoms with Gasteiger partial charge in [0.2, 0.25) is 5.91 Å². The van der Waals surface area contributed by atoms with Gasteiger partial charge in [0.1, 0.15) is 0 Å². The average Bonchev–Trinajstić information content (AvgIpc) is 3.14. The maximum Gasteiger partial charge on any atom is 0.247 e. The summed E-state index contributed by atoms with van der Waals surface area (Å²) in [4.78, 5) is 14.9. The molecule has 6 nitrogen and oxygen atoms in total. The van der Waals surface area contributed by atoms with Crippen LogP contribution in [0.4, 0.5) is 0 Å². The highest BCUT2D eigenvalue weighted by molar-refractivity contribution is 7.91. The van der Waals surface area contributed by atoms with E-state index in [2.05, 4.69) is 32.9 Å². The summed E-state index contributed by atoms with van der Waals surface area (Å²) in [6, 6.07) is 13.2. The quantitative estimate of drug-likeness (QED) is 0.565. The third-order valence-electron chi connectivity index (χ3n) is 5.93. The highest BCUT2D eigenvalue weighted by atomic mass is 32.2. The molecule has 3 rings (SSSR count). The van der Waals surface area contributed by atoms with E-state index >= 15 is 0 Å². The Balaban J connectivity index is 1.83. The number of methoxy groups -OCH3 is 2. The smallest absolute Gasteiger partial charge is 0.247 e. The minimum absolute atomic E-state index is 0.00299. The van der Waals surface area contributed by atoms with Gasteiger partial charge in [-0.25, -0.2) is 8.42 Å². The summed E-state index contributed by atoms with van der Waals surface area (Å²) < 4.78 is 34.8. The van der Waals surface area contributed by atoms with Crippen LogP contribution in [0.3, 0.4) is 0 Å².